The molecule has 1 aromatic carbocycles. The Labute approximate surface area is 109 Å². The minimum atomic E-state index is -1.59. The zero-order chi connectivity index (χ0) is 14.0. The summed E-state index contributed by atoms with van der Waals surface area (Å²) in [6.07, 6.45) is 4.07. The fourth-order valence-corrected chi connectivity index (χ4v) is 2.29. The van der Waals surface area contributed by atoms with Crippen molar-refractivity contribution in [2.24, 2.45) is 5.73 Å². The van der Waals surface area contributed by atoms with Crippen molar-refractivity contribution in [2.45, 2.75) is 37.8 Å². The van der Waals surface area contributed by atoms with Gasteiger partial charge in [0.25, 0.3) is 5.91 Å². The Hall–Kier alpha value is -1.56. The maximum atomic E-state index is 13.0. The van der Waals surface area contributed by atoms with Gasteiger partial charge in [-0.15, -0.1) is 0 Å². The van der Waals surface area contributed by atoms with Crippen LogP contribution in [0.15, 0.2) is 12.1 Å². The summed E-state index contributed by atoms with van der Waals surface area (Å²) in [4.78, 5) is 11.9. The highest BCUT2D eigenvalue weighted by atomic mass is 19.2. The van der Waals surface area contributed by atoms with E-state index in [0.29, 0.717) is 25.0 Å². The lowest BCUT2D eigenvalue weighted by Gasteiger charge is -2.34. The third-order valence-corrected chi connectivity index (χ3v) is 3.35. The van der Waals surface area contributed by atoms with Gasteiger partial charge in [0.1, 0.15) is 0 Å². The van der Waals surface area contributed by atoms with E-state index in [2.05, 4.69) is 5.32 Å². The minimum absolute atomic E-state index is 0.271. The quantitative estimate of drug-likeness (QED) is 0.642. The molecular formula is C13H15F3N2O. The highest BCUT2D eigenvalue weighted by Gasteiger charge is 2.29. The van der Waals surface area contributed by atoms with Gasteiger partial charge in [-0.05, 0) is 37.8 Å². The summed E-state index contributed by atoms with van der Waals surface area (Å²) in [5.74, 6) is -5.06. The molecule has 0 spiro atoms. The largest absolute Gasteiger partial charge is 0.334 e. The monoisotopic (exact) mass is 272 g/mol. The van der Waals surface area contributed by atoms with Gasteiger partial charge in [0, 0.05) is 5.56 Å². The molecule has 0 aliphatic heterocycles. The Morgan fingerprint density at radius 3 is 2.16 bits per heavy atom. The number of carbonyl (C=O) groups excluding carboxylic acids is 1. The Morgan fingerprint density at radius 2 is 1.63 bits per heavy atom. The van der Waals surface area contributed by atoms with E-state index >= 15 is 0 Å². The van der Waals surface area contributed by atoms with Crippen molar-refractivity contribution in [3.05, 3.63) is 35.1 Å². The van der Waals surface area contributed by atoms with Crippen LogP contribution in [0.4, 0.5) is 13.2 Å². The number of rotatable bonds is 2. The molecule has 1 aromatic rings. The second kappa shape index (κ2) is 5.21. The van der Waals surface area contributed by atoms with Crippen LogP contribution >= 0.6 is 0 Å². The predicted octanol–water partition coefficient (Wildman–Crippen LogP) is 2.45. The highest BCUT2D eigenvalue weighted by molar-refractivity contribution is 5.94. The molecule has 0 radical (unpaired) electrons. The number of nitrogens with one attached hydrogen (secondary N) is 1. The van der Waals surface area contributed by atoms with E-state index in [1.54, 1.807) is 0 Å². The first kappa shape index (κ1) is 13.9. The number of amides is 1. The Kier molecular flexibility index (Phi) is 3.80. The van der Waals surface area contributed by atoms with Crippen molar-refractivity contribution >= 4 is 5.91 Å². The SMILES string of the molecule is NC1(NC(=O)c2cc(F)c(F)c(F)c2)CCCCC1. The van der Waals surface area contributed by atoms with Crippen LogP contribution in [0.1, 0.15) is 42.5 Å². The summed E-state index contributed by atoms with van der Waals surface area (Å²) in [6, 6.07) is 1.33. The molecule has 1 saturated carbocycles. The molecule has 104 valence electrons. The first-order chi connectivity index (χ1) is 8.91. The molecule has 2 rings (SSSR count). The van der Waals surface area contributed by atoms with Crippen LogP contribution in [0.5, 0.6) is 0 Å². The van der Waals surface area contributed by atoms with Crippen LogP contribution in [-0.2, 0) is 0 Å². The molecule has 3 nitrogen and oxygen atoms in total. The molecule has 1 fully saturated rings. The van der Waals surface area contributed by atoms with Gasteiger partial charge in [0.15, 0.2) is 17.5 Å². The summed E-state index contributed by atoms with van der Waals surface area (Å²) in [5, 5.41) is 2.57. The van der Waals surface area contributed by atoms with Crippen molar-refractivity contribution in [1.29, 1.82) is 0 Å². The van der Waals surface area contributed by atoms with Crippen molar-refractivity contribution in [1.82, 2.24) is 5.32 Å². The van der Waals surface area contributed by atoms with Crippen molar-refractivity contribution in [3.8, 4) is 0 Å². The maximum absolute atomic E-state index is 13.0. The molecule has 3 N–H and O–H groups in total. The molecule has 1 aliphatic carbocycles. The third kappa shape index (κ3) is 3.07. The Bertz CT molecular complexity index is 476. The van der Waals surface area contributed by atoms with E-state index in [9.17, 15) is 18.0 Å². The molecule has 0 bridgehead atoms. The van der Waals surface area contributed by atoms with Crippen molar-refractivity contribution < 1.29 is 18.0 Å². The van der Waals surface area contributed by atoms with Gasteiger partial charge >= 0.3 is 0 Å². The van der Waals surface area contributed by atoms with Gasteiger partial charge in [-0.1, -0.05) is 6.42 Å². The van der Waals surface area contributed by atoms with Crippen LogP contribution in [0, 0.1) is 17.5 Å². The summed E-state index contributed by atoms with van der Waals surface area (Å²) in [7, 11) is 0. The van der Waals surface area contributed by atoms with Crippen LogP contribution in [0.3, 0.4) is 0 Å². The van der Waals surface area contributed by atoms with E-state index < -0.39 is 29.0 Å². The number of benzene rings is 1. The smallest absolute Gasteiger partial charge is 0.252 e. The van der Waals surface area contributed by atoms with Crippen LogP contribution in [-0.4, -0.2) is 11.6 Å². The first-order valence-electron chi connectivity index (χ1n) is 6.17. The number of hydrogen-bond donors (Lipinski definition) is 2. The number of hydrogen-bond acceptors (Lipinski definition) is 2. The lowest BCUT2D eigenvalue weighted by molar-refractivity contribution is 0.0872. The molecule has 0 unspecified atom stereocenters. The molecular weight excluding hydrogens is 257 g/mol. The van der Waals surface area contributed by atoms with Crippen LogP contribution < -0.4 is 11.1 Å². The summed E-state index contributed by atoms with van der Waals surface area (Å²) < 4.78 is 38.9. The lowest BCUT2D eigenvalue weighted by atomic mass is 9.89. The van der Waals surface area contributed by atoms with Crippen LogP contribution in [0.2, 0.25) is 0 Å². The van der Waals surface area contributed by atoms with E-state index in [-0.39, 0.29) is 5.56 Å². The standard InChI is InChI=1S/C13H15F3N2O/c14-9-6-8(7-10(15)11(9)16)12(19)18-13(17)4-2-1-3-5-13/h6-7H,1-5,17H2,(H,18,19). The van der Waals surface area contributed by atoms with Gasteiger partial charge in [-0.25, -0.2) is 13.2 Å². The van der Waals surface area contributed by atoms with E-state index in [1.165, 1.54) is 0 Å². The van der Waals surface area contributed by atoms with Gasteiger partial charge in [-0.3, -0.25) is 4.79 Å². The summed E-state index contributed by atoms with van der Waals surface area (Å²) >= 11 is 0. The average molecular weight is 272 g/mol. The van der Waals surface area contributed by atoms with Crippen molar-refractivity contribution in [2.75, 3.05) is 0 Å². The summed E-state index contributed by atoms with van der Waals surface area (Å²) in [5.41, 5.74) is 4.89. The zero-order valence-corrected chi connectivity index (χ0v) is 10.3. The van der Waals surface area contributed by atoms with Crippen LogP contribution in [0.25, 0.3) is 0 Å². The second-order valence-electron chi connectivity index (χ2n) is 4.92. The van der Waals surface area contributed by atoms with E-state index in [0.717, 1.165) is 19.3 Å². The first-order valence-corrected chi connectivity index (χ1v) is 6.17. The van der Waals surface area contributed by atoms with Gasteiger partial charge < -0.3 is 11.1 Å². The predicted molar refractivity (Wildman–Crippen MR) is 63.8 cm³/mol. The number of nitrogens with two attached hydrogens (primary N) is 1. The van der Waals surface area contributed by atoms with Crippen molar-refractivity contribution in [3.63, 3.8) is 0 Å². The van der Waals surface area contributed by atoms with E-state index in [1.807, 2.05) is 0 Å². The zero-order valence-electron chi connectivity index (χ0n) is 10.3. The fourth-order valence-electron chi connectivity index (χ4n) is 2.29. The Balaban J connectivity index is 2.16. The second-order valence-corrected chi connectivity index (χ2v) is 4.92. The normalized spacial score (nSPS) is 18.1. The maximum Gasteiger partial charge on any atom is 0.252 e. The lowest BCUT2D eigenvalue weighted by Crippen LogP contribution is -2.56. The molecule has 0 aromatic heterocycles. The number of halogens is 3. The van der Waals surface area contributed by atoms with Gasteiger partial charge in [0.2, 0.25) is 0 Å². The highest BCUT2D eigenvalue weighted by Crippen LogP contribution is 2.24. The molecule has 1 aliphatic rings. The van der Waals surface area contributed by atoms with E-state index in [4.69, 9.17) is 5.73 Å². The molecule has 0 atom stereocenters. The summed E-state index contributed by atoms with van der Waals surface area (Å²) in [6.45, 7) is 0. The molecule has 0 heterocycles. The minimum Gasteiger partial charge on any atom is -0.334 e. The Morgan fingerprint density at radius 1 is 1.11 bits per heavy atom. The fraction of sp³-hybridized carbons (Fsp3) is 0.462. The molecule has 1 amide bonds. The average Bonchev–Trinajstić information content (AvgIpc) is 2.35. The number of carbonyl (C=O) groups is 1. The topological polar surface area (TPSA) is 55.1 Å². The van der Waals surface area contributed by atoms with Gasteiger partial charge in [0.05, 0.1) is 5.66 Å². The molecule has 6 heteroatoms. The third-order valence-electron chi connectivity index (χ3n) is 3.35. The molecule has 19 heavy (non-hydrogen) atoms. The molecule has 0 saturated heterocycles. The van der Waals surface area contributed by atoms with Gasteiger partial charge in [-0.2, -0.15) is 0 Å².